The summed E-state index contributed by atoms with van der Waals surface area (Å²) >= 11 is 3.48. The number of H-pyrrole nitrogens is 2. The first-order valence-corrected chi connectivity index (χ1v) is 32.3. The Balaban J connectivity index is 0.000000246. The molecule has 0 aliphatic heterocycles. The van der Waals surface area contributed by atoms with Crippen LogP contribution in [0.4, 0.5) is 21.0 Å². The van der Waals surface area contributed by atoms with Crippen LogP contribution in [0.3, 0.4) is 0 Å². The number of halogens is 1. The number of nitrogens with one attached hydrogen (secondary N) is 7. The predicted octanol–water partition coefficient (Wildman–Crippen LogP) is 8.74. The lowest BCUT2D eigenvalue weighted by atomic mass is 9.81. The zero-order valence-electron chi connectivity index (χ0n) is 53.1. The number of carboxylic acid groups (broad SMARTS) is 1. The second kappa shape index (κ2) is 33.8. The second-order valence-corrected chi connectivity index (χ2v) is 25.3. The molecule has 9 rings (SSSR count). The SMILES string of the molecule is CC(C)(C)OC(=O)NCC1CCC(C(=O)N(c2ccc(-c3nn[nH]n3)cc2)[C@@H](Cc2cccc(Br)c2)C(N)=O)CC1.CCN(CC)CCNC(=O)c1ccc(-c2cccc(C[C@H](NC(=O)C3CCC(CNC(=O)O)CC3)C(=O)Nc3ccc(-c4nn[nH]n4)cc3)c2)cc1. The van der Waals surface area contributed by atoms with Crippen LogP contribution in [0, 0.1) is 23.7 Å². The third-order valence-electron chi connectivity index (χ3n) is 16.7. The molecule has 2 aromatic heterocycles. The average molecular weight is 1340 g/mol. The number of nitrogens with two attached hydrogens (primary N) is 1. The summed E-state index contributed by atoms with van der Waals surface area (Å²) in [6.45, 7) is 13.8. The summed E-state index contributed by atoms with van der Waals surface area (Å²) in [5, 5.41) is 51.2. The summed E-state index contributed by atoms with van der Waals surface area (Å²) in [5.41, 5.74) is 12.1. The van der Waals surface area contributed by atoms with Crippen LogP contribution in [0.15, 0.2) is 126 Å². The van der Waals surface area contributed by atoms with Gasteiger partial charge in [0.15, 0.2) is 0 Å². The van der Waals surface area contributed by atoms with Crippen molar-refractivity contribution < 1.29 is 43.4 Å². The molecule has 0 bridgehead atoms. The van der Waals surface area contributed by atoms with E-state index in [4.69, 9.17) is 15.6 Å². The molecule has 2 saturated carbocycles. The number of primary amides is 1. The molecule has 25 nitrogen and oxygen atoms in total. The molecule has 2 atom stereocenters. The van der Waals surface area contributed by atoms with E-state index in [1.165, 1.54) is 0 Å². The van der Waals surface area contributed by atoms with Crippen LogP contribution < -0.4 is 37.2 Å². The number of amides is 7. The summed E-state index contributed by atoms with van der Waals surface area (Å²) < 4.78 is 6.21. The lowest BCUT2D eigenvalue weighted by molar-refractivity contribution is -0.130. The van der Waals surface area contributed by atoms with Crippen LogP contribution in [0.25, 0.3) is 33.9 Å². The Morgan fingerprint density at radius 1 is 0.667 bits per heavy atom. The van der Waals surface area contributed by atoms with E-state index in [9.17, 15) is 33.6 Å². The van der Waals surface area contributed by atoms with Gasteiger partial charge in [0.2, 0.25) is 35.3 Å². The van der Waals surface area contributed by atoms with Crippen molar-refractivity contribution in [2.75, 3.05) is 49.5 Å². The van der Waals surface area contributed by atoms with Crippen molar-refractivity contribution in [3.05, 3.63) is 142 Å². The summed E-state index contributed by atoms with van der Waals surface area (Å²) in [6, 6.07) is 35.2. The zero-order valence-corrected chi connectivity index (χ0v) is 54.7. The molecule has 10 N–H and O–H groups in total. The smallest absolute Gasteiger partial charge is 0.407 e. The van der Waals surface area contributed by atoms with Gasteiger partial charge in [-0.05, 0) is 203 Å². The summed E-state index contributed by atoms with van der Waals surface area (Å²) in [7, 11) is 0. The van der Waals surface area contributed by atoms with Crippen LogP contribution in [0.5, 0.6) is 0 Å². The Morgan fingerprint density at radius 2 is 1.23 bits per heavy atom. The number of ether oxygens (including phenoxy) is 1. The van der Waals surface area contributed by atoms with E-state index in [1.807, 2.05) is 93.6 Å². The molecule has 2 heterocycles. The molecular formula is C67H83BrN16O9. The maximum atomic E-state index is 14.1. The van der Waals surface area contributed by atoms with E-state index < -0.39 is 35.8 Å². The fraction of sp³-hybridized carbons (Fsp3) is 0.418. The number of carbonyl (C=O) groups excluding carboxylic acids is 6. The van der Waals surface area contributed by atoms with Gasteiger partial charge in [-0.3, -0.25) is 28.9 Å². The molecular weight excluding hydrogens is 1250 g/mol. The molecule has 5 aromatic carbocycles. The summed E-state index contributed by atoms with van der Waals surface area (Å²) in [6.07, 6.45) is 4.51. The summed E-state index contributed by atoms with van der Waals surface area (Å²) in [4.78, 5) is 93.9. The highest BCUT2D eigenvalue weighted by Gasteiger charge is 2.37. The highest BCUT2D eigenvalue weighted by molar-refractivity contribution is 9.10. The molecule has 0 saturated heterocycles. The van der Waals surface area contributed by atoms with Crippen LogP contribution >= 0.6 is 15.9 Å². The van der Waals surface area contributed by atoms with Gasteiger partial charge in [-0.25, -0.2) is 9.59 Å². The third kappa shape index (κ3) is 21.1. The number of hydrogen-bond donors (Lipinski definition) is 9. The fourth-order valence-corrected chi connectivity index (χ4v) is 12.0. The number of rotatable bonds is 25. The van der Waals surface area contributed by atoms with Crippen molar-refractivity contribution in [3.8, 4) is 33.9 Å². The summed E-state index contributed by atoms with van der Waals surface area (Å²) in [5.74, 6) is -0.688. The zero-order chi connectivity index (χ0) is 66.4. The molecule has 0 radical (unpaired) electrons. The van der Waals surface area contributed by atoms with Crippen molar-refractivity contribution >= 4 is 69.0 Å². The molecule has 93 heavy (non-hydrogen) atoms. The number of benzene rings is 5. The van der Waals surface area contributed by atoms with Crippen molar-refractivity contribution in [3.63, 3.8) is 0 Å². The first-order valence-electron chi connectivity index (χ1n) is 31.5. The van der Waals surface area contributed by atoms with E-state index in [0.717, 1.165) is 83.2 Å². The number of hydrogen-bond acceptors (Lipinski definition) is 15. The van der Waals surface area contributed by atoms with Gasteiger partial charge >= 0.3 is 12.2 Å². The number of carbonyl (C=O) groups is 7. The van der Waals surface area contributed by atoms with Crippen LogP contribution in [0.2, 0.25) is 0 Å². The average Bonchev–Trinajstić information content (AvgIpc) is 1.07. The Kier molecular flexibility index (Phi) is 25.2. The third-order valence-corrected chi connectivity index (χ3v) is 17.2. The Hall–Kier alpha value is -9.43. The molecule has 7 amide bonds. The largest absolute Gasteiger partial charge is 0.465 e. The van der Waals surface area contributed by atoms with Gasteiger partial charge in [0.1, 0.15) is 17.7 Å². The fourth-order valence-electron chi connectivity index (χ4n) is 11.5. The molecule has 492 valence electrons. The van der Waals surface area contributed by atoms with Gasteiger partial charge < -0.3 is 47.1 Å². The topological polar surface area (TPSA) is 351 Å². The van der Waals surface area contributed by atoms with Crippen molar-refractivity contribution in [1.29, 1.82) is 0 Å². The first-order chi connectivity index (χ1) is 44.7. The quantitative estimate of drug-likeness (QED) is 0.0258. The number of aromatic amines is 2. The molecule has 2 aliphatic carbocycles. The molecule has 2 aliphatic rings. The minimum atomic E-state index is -1.05. The lowest BCUT2D eigenvalue weighted by Gasteiger charge is -2.36. The van der Waals surface area contributed by atoms with E-state index >= 15 is 0 Å². The van der Waals surface area contributed by atoms with E-state index in [1.54, 1.807) is 53.4 Å². The molecule has 0 spiro atoms. The molecule has 26 heteroatoms. The van der Waals surface area contributed by atoms with Gasteiger partial charge in [0.25, 0.3) is 5.91 Å². The van der Waals surface area contributed by atoms with Gasteiger partial charge in [0, 0.05) is 83.4 Å². The minimum absolute atomic E-state index is 0.119. The van der Waals surface area contributed by atoms with Gasteiger partial charge in [-0.15, -0.1) is 20.4 Å². The van der Waals surface area contributed by atoms with E-state index in [0.29, 0.717) is 73.9 Å². The van der Waals surface area contributed by atoms with Crippen molar-refractivity contribution in [2.45, 2.75) is 117 Å². The monoisotopic (exact) mass is 1330 g/mol. The number of tetrazole rings is 2. The molecule has 2 fully saturated rings. The highest BCUT2D eigenvalue weighted by atomic mass is 79.9. The van der Waals surface area contributed by atoms with Gasteiger partial charge in [0.05, 0.1) is 0 Å². The van der Waals surface area contributed by atoms with Crippen molar-refractivity contribution in [1.82, 2.24) is 67.4 Å². The molecule has 0 unspecified atom stereocenters. The number of likely N-dealkylation sites (N-methyl/N-ethyl adjacent to an activating group) is 1. The maximum absolute atomic E-state index is 14.1. The maximum Gasteiger partial charge on any atom is 0.407 e. The highest BCUT2D eigenvalue weighted by Crippen LogP contribution is 2.34. The standard InChI is InChI=1S/C38H47N9O5.C29H36BrN7O4/c1-3-47(4-2)21-20-39-35(48)29-14-12-27(13-15-29)31-7-5-6-26(22-31)23-33(42-36(49)30-10-8-25(9-11-30)24-40-38(51)52)37(50)41-32-18-16-28(17-19-32)34-43-45-46-44-34;1-29(2,3)41-28(40)32-17-18-7-9-21(10-8-18)27(39)37(23-13-11-20(12-14-23)26-33-35-36-34-26)24(25(31)38)16-19-5-4-6-22(30)15-19/h5-7,12-19,22,25,30,33,40H,3-4,8-11,20-21,23-24H2,1-2H3,(H,39,48)(H,41,50)(H,42,49)(H,51,52)(H,43,44,45,46);4-6,11-15,18,21,24H,7-10,16-17H2,1-3H3,(H2,31,38)(H,32,40)(H,33,34,35,36)/t25?,30?,33-;18?,21?,24-/m00/s1. The van der Waals surface area contributed by atoms with E-state index in [2.05, 4.69) is 103 Å². The number of alkyl carbamates (subject to hydrolysis) is 1. The van der Waals surface area contributed by atoms with Crippen LogP contribution in [0.1, 0.15) is 107 Å². The van der Waals surface area contributed by atoms with Crippen LogP contribution in [-0.2, 0) is 36.8 Å². The first kappa shape index (κ1) is 69.5. The minimum Gasteiger partial charge on any atom is -0.465 e. The molecule has 7 aromatic rings. The van der Waals surface area contributed by atoms with Gasteiger partial charge in [-0.1, -0.05) is 78.3 Å². The van der Waals surface area contributed by atoms with Crippen LogP contribution in [-0.4, -0.2) is 150 Å². The number of aromatic nitrogens is 8. The van der Waals surface area contributed by atoms with Gasteiger partial charge in [-0.2, -0.15) is 10.4 Å². The lowest BCUT2D eigenvalue weighted by Crippen LogP contribution is -2.52. The Morgan fingerprint density at radius 3 is 1.77 bits per heavy atom. The van der Waals surface area contributed by atoms with E-state index in [-0.39, 0.29) is 60.1 Å². The number of anilines is 2. The second-order valence-electron chi connectivity index (χ2n) is 24.4. The Bertz CT molecular complexity index is 3570. The number of nitrogens with zero attached hydrogens (tertiary/aromatic N) is 8. The van der Waals surface area contributed by atoms with Crippen molar-refractivity contribution in [2.24, 2.45) is 29.4 Å². The predicted molar refractivity (Wildman–Crippen MR) is 355 cm³/mol. The Labute approximate surface area is 549 Å². The normalized spacial score (nSPS) is 16.9.